The van der Waals surface area contributed by atoms with Crippen molar-refractivity contribution in [2.75, 3.05) is 30.0 Å². The van der Waals surface area contributed by atoms with Gasteiger partial charge in [-0.15, -0.1) is 0 Å². The summed E-state index contributed by atoms with van der Waals surface area (Å²) in [6.07, 6.45) is 2.75. The Kier molecular flexibility index (Phi) is 5.73. The topological polar surface area (TPSA) is 136 Å². The van der Waals surface area contributed by atoms with Crippen LogP contribution < -0.4 is 21.7 Å². The fourth-order valence-corrected chi connectivity index (χ4v) is 1.57. The Labute approximate surface area is 121 Å². The molecule has 0 spiro atoms. The van der Waals surface area contributed by atoms with Crippen molar-refractivity contribution in [2.24, 2.45) is 0 Å². The Bertz CT molecular complexity index is 539. The number of hydrogen-bond donors (Lipinski definition) is 6. The van der Waals surface area contributed by atoms with Crippen LogP contribution in [0.3, 0.4) is 0 Å². The van der Waals surface area contributed by atoms with Gasteiger partial charge in [0.2, 0.25) is 5.95 Å². The molecule has 0 radical (unpaired) electrons. The van der Waals surface area contributed by atoms with Crippen LogP contribution in [0.15, 0.2) is 11.9 Å². The van der Waals surface area contributed by atoms with Crippen molar-refractivity contribution in [1.82, 2.24) is 15.3 Å². The van der Waals surface area contributed by atoms with E-state index in [-0.39, 0.29) is 22.5 Å². The van der Waals surface area contributed by atoms with Crippen molar-refractivity contribution in [3.8, 4) is 0 Å². The van der Waals surface area contributed by atoms with Crippen molar-refractivity contribution in [1.29, 1.82) is 10.8 Å². The van der Waals surface area contributed by atoms with Crippen LogP contribution in [0.25, 0.3) is 0 Å². The third kappa shape index (κ3) is 3.82. The fourth-order valence-electron chi connectivity index (χ4n) is 1.39. The predicted molar refractivity (Wildman–Crippen MR) is 82.8 cm³/mol. The molecular weight excluding hydrogens is 280 g/mol. The van der Waals surface area contributed by atoms with Gasteiger partial charge in [0.1, 0.15) is 16.8 Å². The summed E-state index contributed by atoms with van der Waals surface area (Å²) in [6, 6.07) is 0. The minimum absolute atomic E-state index is 0.0830. The van der Waals surface area contributed by atoms with E-state index in [0.29, 0.717) is 11.5 Å². The van der Waals surface area contributed by atoms with E-state index in [9.17, 15) is 0 Å². The monoisotopic (exact) mass is 296 g/mol. The summed E-state index contributed by atoms with van der Waals surface area (Å²) in [5, 5.41) is 23.1. The van der Waals surface area contributed by atoms with Gasteiger partial charge in [-0.1, -0.05) is 11.6 Å². The molecule has 0 atom stereocenters. The highest BCUT2D eigenvalue weighted by molar-refractivity contribution is 6.69. The van der Waals surface area contributed by atoms with E-state index in [1.165, 1.54) is 0 Å². The molecule has 20 heavy (non-hydrogen) atoms. The van der Waals surface area contributed by atoms with Gasteiger partial charge >= 0.3 is 0 Å². The van der Waals surface area contributed by atoms with E-state index >= 15 is 0 Å². The zero-order chi connectivity index (χ0) is 15.1. The molecule has 1 heterocycles. The second-order valence-electron chi connectivity index (χ2n) is 3.65. The molecule has 1 rings (SSSR count). The summed E-state index contributed by atoms with van der Waals surface area (Å²) in [7, 11) is 1.64. The summed E-state index contributed by atoms with van der Waals surface area (Å²) in [5.41, 5.74) is 6.48. The first-order valence-corrected chi connectivity index (χ1v) is 6.22. The molecule has 0 aliphatic carbocycles. The highest BCUT2D eigenvalue weighted by Crippen LogP contribution is 2.22. The quantitative estimate of drug-likeness (QED) is 0.418. The SMILES string of the molecule is CCN/C=C(\C=N)Nc1nc(N)c(C(=N)Cl)c(NC)n1. The number of rotatable bonds is 7. The molecule has 0 saturated heterocycles. The van der Waals surface area contributed by atoms with Crippen LogP contribution in [0.2, 0.25) is 0 Å². The van der Waals surface area contributed by atoms with Crippen LogP contribution in [-0.2, 0) is 0 Å². The van der Waals surface area contributed by atoms with Gasteiger partial charge < -0.3 is 27.1 Å². The van der Waals surface area contributed by atoms with Gasteiger partial charge in [-0.05, 0) is 6.92 Å². The number of nitrogens with two attached hydrogens (primary N) is 1. The third-order valence-corrected chi connectivity index (χ3v) is 2.46. The lowest BCUT2D eigenvalue weighted by Gasteiger charge is -2.12. The summed E-state index contributed by atoms with van der Waals surface area (Å²) >= 11 is 5.65. The standard InChI is InChI=1S/C11H17ClN8/c1-3-17-5-6(4-13)18-11-19-9(15)7(8(12)14)10(16-2)20-11/h4-5,13-14,17H,3H2,1-2H3,(H4,15,16,18,19,20)/b6-5+,13-4?,14-8?. The average Bonchev–Trinajstić information content (AvgIpc) is 2.41. The second-order valence-corrected chi connectivity index (χ2v) is 4.02. The number of anilines is 3. The maximum atomic E-state index is 7.45. The van der Waals surface area contributed by atoms with E-state index in [4.69, 9.17) is 28.2 Å². The lowest BCUT2D eigenvalue weighted by atomic mass is 10.3. The van der Waals surface area contributed by atoms with Crippen molar-refractivity contribution in [3.05, 3.63) is 17.5 Å². The van der Waals surface area contributed by atoms with Crippen molar-refractivity contribution in [3.63, 3.8) is 0 Å². The molecule has 0 aliphatic rings. The van der Waals surface area contributed by atoms with Crippen molar-refractivity contribution < 1.29 is 0 Å². The Morgan fingerprint density at radius 2 is 2.15 bits per heavy atom. The average molecular weight is 297 g/mol. The van der Waals surface area contributed by atoms with Gasteiger partial charge in [0.25, 0.3) is 0 Å². The molecule has 8 nitrogen and oxygen atoms in total. The summed E-state index contributed by atoms with van der Waals surface area (Å²) < 4.78 is 0. The van der Waals surface area contributed by atoms with Gasteiger partial charge in [-0.2, -0.15) is 9.97 Å². The lowest BCUT2D eigenvalue weighted by Crippen LogP contribution is -2.14. The van der Waals surface area contributed by atoms with E-state index in [2.05, 4.69) is 25.9 Å². The Morgan fingerprint density at radius 3 is 2.65 bits per heavy atom. The molecule has 0 fully saturated rings. The van der Waals surface area contributed by atoms with Crippen LogP contribution in [-0.4, -0.2) is 34.9 Å². The number of nitrogens with zero attached hydrogens (tertiary/aromatic N) is 2. The first-order valence-electron chi connectivity index (χ1n) is 5.84. The van der Waals surface area contributed by atoms with E-state index in [0.717, 1.165) is 12.8 Å². The molecule has 0 bridgehead atoms. The maximum absolute atomic E-state index is 7.45. The molecule has 9 heteroatoms. The number of allylic oxidation sites excluding steroid dienone is 1. The molecule has 0 amide bonds. The highest BCUT2D eigenvalue weighted by Gasteiger charge is 2.14. The molecule has 0 unspecified atom stereocenters. The normalized spacial score (nSPS) is 10.8. The number of nitrogen functional groups attached to an aromatic ring is 1. The fraction of sp³-hybridized carbons (Fsp3) is 0.273. The Morgan fingerprint density at radius 1 is 1.45 bits per heavy atom. The van der Waals surface area contributed by atoms with Crippen LogP contribution in [0.4, 0.5) is 17.6 Å². The zero-order valence-electron chi connectivity index (χ0n) is 11.2. The van der Waals surface area contributed by atoms with E-state index in [1.807, 2.05) is 6.92 Å². The molecule has 0 saturated carbocycles. The summed E-state index contributed by atoms with van der Waals surface area (Å²) in [5.74, 6) is 0.633. The van der Waals surface area contributed by atoms with Crippen molar-refractivity contribution >= 4 is 40.6 Å². The number of hydrogen-bond acceptors (Lipinski definition) is 8. The smallest absolute Gasteiger partial charge is 0.231 e. The van der Waals surface area contributed by atoms with Gasteiger partial charge in [0, 0.05) is 26.0 Å². The Hall–Kier alpha value is -2.35. The molecule has 0 aromatic carbocycles. The molecule has 1 aromatic heterocycles. The lowest BCUT2D eigenvalue weighted by molar-refractivity contribution is 0.913. The molecule has 7 N–H and O–H groups in total. The Balaban J connectivity index is 3.12. The second kappa shape index (κ2) is 7.29. The van der Waals surface area contributed by atoms with Crippen LogP contribution >= 0.6 is 11.6 Å². The molecule has 1 aromatic rings. The molecular formula is C11H17ClN8. The minimum Gasteiger partial charge on any atom is -0.389 e. The summed E-state index contributed by atoms with van der Waals surface area (Å²) in [4.78, 5) is 8.18. The number of nitrogens with one attached hydrogen (secondary N) is 5. The van der Waals surface area contributed by atoms with Gasteiger partial charge in [0.05, 0.1) is 11.3 Å². The minimum atomic E-state index is -0.242. The molecule has 108 valence electrons. The van der Waals surface area contributed by atoms with Gasteiger partial charge in [-0.3, -0.25) is 5.41 Å². The summed E-state index contributed by atoms with van der Waals surface area (Å²) in [6.45, 7) is 2.67. The highest BCUT2D eigenvalue weighted by atomic mass is 35.5. The van der Waals surface area contributed by atoms with E-state index in [1.54, 1.807) is 13.2 Å². The van der Waals surface area contributed by atoms with Gasteiger partial charge in [-0.25, -0.2) is 0 Å². The zero-order valence-corrected chi connectivity index (χ0v) is 12.0. The van der Waals surface area contributed by atoms with Crippen LogP contribution in [0.5, 0.6) is 0 Å². The van der Waals surface area contributed by atoms with E-state index < -0.39 is 0 Å². The third-order valence-electron chi connectivity index (χ3n) is 2.27. The first kappa shape index (κ1) is 15.7. The predicted octanol–water partition coefficient (Wildman–Crippen LogP) is 1.18. The maximum Gasteiger partial charge on any atom is 0.231 e. The number of halogens is 1. The van der Waals surface area contributed by atoms with Crippen LogP contribution in [0.1, 0.15) is 12.5 Å². The largest absolute Gasteiger partial charge is 0.389 e. The van der Waals surface area contributed by atoms with Crippen LogP contribution in [0, 0.1) is 10.8 Å². The molecule has 0 aliphatic heterocycles. The number of aromatic nitrogens is 2. The van der Waals surface area contributed by atoms with Crippen molar-refractivity contribution in [2.45, 2.75) is 6.92 Å². The van der Waals surface area contributed by atoms with Gasteiger partial charge in [0.15, 0.2) is 0 Å². The first-order chi connectivity index (χ1) is 9.53.